The van der Waals surface area contributed by atoms with E-state index in [0.717, 1.165) is 33.6 Å². The predicted octanol–water partition coefficient (Wildman–Crippen LogP) is 5.65. The lowest BCUT2D eigenvalue weighted by Crippen LogP contribution is -2.52. The third kappa shape index (κ3) is 5.54. The molecule has 208 valence electrons. The van der Waals surface area contributed by atoms with E-state index in [9.17, 15) is 9.59 Å². The number of thioether (sulfide) groups is 1. The molecular formula is C30H38N4O3S2. The van der Waals surface area contributed by atoms with Crippen LogP contribution < -0.4 is 4.90 Å². The number of benzene rings is 1. The molecule has 9 heteroatoms. The number of thiophene rings is 1. The number of aryl methyl sites for hydroxylation is 2. The lowest BCUT2D eigenvalue weighted by molar-refractivity contribution is -0.142. The van der Waals surface area contributed by atoms with Gasteiger partial charge in [-0.2, -0.15) is 16.4 Å². The van der Waals surface area contributed by atoms with Gasteiger partial charge in [-0.1, -0.05) is 38.5 Å². The molecule has 2 aliphatic rings. The first-order chi connectivity index (χ1) is 18.4. The molecule has 0 bridgehead atoms. The van der Waals surface area contributed by atoms with Crippen LogP contribution in [0.25, 0.3) is 5.69 Å². The second-order valence-electron chi connectivity index (χ2n) is 11.8. The fraction of sp³-hybridized carbons (Fsp3) is 0.500. The molecule has 0 N–H and O–H groups in total. The first-order valence-electron chi connectivity index (χ1n) is 13.5. The zero-order valence-corrected chi connectivity index (χ0v) is 25.5. The van der Waals surface area contributed by atoms with Crippen molar-refractivity contribution in [2.24, 2.45) is 0 Å². The SMILES string of the molecule is Cc1ccc(-n2nc(C(C)(C)C)c3c2N(CC(=O)N2CC(C)OC(C)C2)C(=O)CSC3c2ccsc2)c(C)c1. The van der Waals surface area contributed by atoms with Gasteiger partial charge in [0.15, 0.2) is 0 Å². The number of carbonyl (C=O) groups is 2. The number of rotatable bonds is 4. The topological polar surface area (TPSA) is 67.7 Å². The number of ether oxygens (including phenoxy) is 1. The summed E-state index contributed by atoms with van der Waals surface area (Å²) in [5, 5.41) is 9.40. The Bertz CT molecular complexity index is 1370. The van der Waals surface area contributed by atoms with E-state index in [1.54, 1.807) is 28.0 Å². The van der Waals surface area contributed by atoms with E-state index in [4.69, 9.17) is 9.84 Å². The minimum Gasteiger partial charge on any atom is -0.372 e. The van der Waals surface area contributed by atoms with Gasteiger partial charge in [0.05, 0.1) is 34.6 Å². The predicted molar refractivity (Wildman–Crippen MR) is 159 cm³/mol. The quantitative estimate of drug-likeness (QED) is 0.408. The van der Waals surface area contributed by atoms with Crippen LogP contribution in [0.3, 0.4) is 0 Å². The Morgan fingerprint density at radius 2 is 1.85 bits per heavy atom. The van der Waals surface area contributed by atoms with Gasteiger partial charge in [0.1, 0.15) is 12.4 Å². The fourth-order valence-corrected chi connectivity index (χ4v) is 7.55. The Labute approximate surface area is 239 Å². The molecule has 7 nitrogen and oxygen atoms in total. The molecule has 2 aliphatic heterocycles. The Hall–Kier alpha value is -2.62. The van der Waals surface area contributed by atoms with Crippen LogP contribution in [0.15, 0.2) is 35.0 Å². The standard InChI is InChI=1S/C30H38N4O3S2/c1-18-8-9-23(19(2)12-18)34-29-26(28(31-34)30(5,6)7)27(22-10-11-38-16-22)39-17-25(36)33(29)15-24(35)32-13-20(3)37-21(4)14-32/h8-12,16,20-21,27H,13-15,17H2,1-7H3. The van der Waals surface area contributed by atoms with E-state index in [1.807, 2.05) is 23.4 Å². The smallest absolute Gasteiger partial charge is 0.242 e. The van der Waals surface area contributed by atoms with E-state index in [2.05, 4.69) is 69.6 Å². The molecule has 5 rings (SSSR count). The van der Waals surface area contributed by atoms with Crippen molar-refractivity contribution in [2.45, 2.75) is 71.3 Å². The first kappa shape index (κ1) is 27.9. The van der Waals surface area contributed by atoms with Crippen LogP contribution in [-0.2, 0) is 19.7 Å². The Balaban J connectivity index is 1.71. The molecule has 0 spiro atoms. The van der Waals surface area contributed by atoms with Gasteiger partial charge in [0.25, 0.3) is 0 Å². The average Bonchev–Trinajstić information content (AvgIpc) is 3.48. The van der Waals surface area contributed by atoms with Gasteiger partial charge in [-0.15, -0.1) is 11.8 Å². The number of morpholine rings is 1. The lowest BCUT2D eigenvalue weighted by Gasteiger charge is -2.36. The minimum absolute atomic E-state index is 0.0254. The highest BCUT2D eigenvalue weighted by Gasteiger charge is 2.41. The van der Waals surface area contributed by atoms with Crippen LogP contribution >= 0.6 is 23.1 Å². The van der Waals surface area contributed by atoms with Gasteiger partial charge >= 0.3 is 0 Å². The van der Waals surface area contributed by atoms with Crippen molar-refractivity contribution in [3.8, 4) is 5.69 Å². The van der Waals surface area contributed by atoms with E-state index < -0.39 is 0 Å². The first-order valence-corrected chi connectivity index (χ1v) is 15.5. The maximum absolute atomic E-state index is 13.9. The number of amides is 2. The number of anilines is 1. The molecule has 0 radical (unpaired) electrons. The van der Waals surface area contributed by atoms with Crippen molar-refractivity contribution in [2.75, 3.05) is 30.3 Å². The second-order valence-corrected chi connectivity index (χ2v) is 13.7. The van der Waals surface area contributed by atoms with Gasteiger partial charge < -0.3 is 9.64 Å². The van der Waals surface area contributed by atoms with Gasteiger partial charge in [-0.25, -0.2) is 4.68 Å². The Morgan fingerprint density at radius 3 is 2.46 bits per heavy atom. The molecule has 3 atom stereocenters. The molecule has 1 fully saturated rings. The van der Waals surface area contributed by atoms with Gasteiger partial charge in [-0.3, -0.25) is 14.5 Å². The van der Waals surface area contributed by atoms with E-state index in [1.165, 1.54) is 0 Å². The van der Waals surface area contributed by atoms with Crippen molar-refractivity contribution < 1.29 is 14.3 Å². The van der Waals surface area contributed by atoms with Crippen LogP contribution in [0.1, 0.15) is 67.8 Å². The van der Waals surface area contributed by atoms with Crippen molar-refractivity contribution >= 4 is 40.7 Å². The maximum atomic E-state index is 13.9. The summed E-state index contributed by atoms with van der Waals surface area (Å²) in [5.74, 6) is 0.851. The molecule has 4 heterocycles. The molecular weight excluding hydrogens is 528 g/mol. The summed E-state index contributed by atoms with van der Waals surface area (Å²) in [6.07, 6.45) is -0.0836. The number of fused-ring (bicyclic) bond motifs is 1. The third-order valence-electron chi connectivity index (χ3n) is 7.29. The Morgan fingerprint density at radius 1 is 1.13 bits per heavy atom. The zero-order chi connectivity index (χ0) is 28.1. The van der Waals surface area contributed by atoms with Crippen LogP contribution in [0.2, 0.25) is 0 Å². The molecule has 39 heavy (non-hydrogen) atoms. The van der Waals surface area contributed by atoms with Gasteiger partial charge in [0.2, 0.25) is 11.8 Å². The summed E-state index contributed by atoms with van der Waals surface area (Å²) < 4.78 is 7.78. The summed E-state index contributed by atoms with van der Waals surface area (Å²) in [6.45, 7) is 15.6. The number of aromatic nitrogens is 2. The summed E-state index contributed by atoms with van der Waals surface area (Å²) in [4.78, 5) is 31.2. The Kier molecular flexibility index (Phi) is 7.70. The summed E-state index contributed by atoms with van der Waals surface area (Å²) in [5.41, 5.74) is 6.00. The van der Waals surface area contributed by atoms with E-state index in [0.29, 0.717) is 18.9 Å². The maximum Gasteiger partial charge on any atom is 0.242 e. The van der Waals surface area contributed by atoms with Crippen LogP contribution in [0, 0.1) is 13.8 Å². The van der Waals surface area contributed by atoms with Crippen LogP contribution in [-0.4, -0.2) is 64.1 Å². The highest BCUT2D eigenvalue weighted by atomic mass is 32.2. The minimum atomic E-state index is -0.277. The van der Waals surface area contributed by atoms with Crippen molar-refractivity contribution in [3.63, 3.8) is 0 Å². The lowest BCUT2D eigenvalue weighted by atomic mass is 9.87. The molecule has 1 saturated heterocycles. The highest BCUT2D eigenvalue weighted by Crippen LogP contribution is 2.49. The van der Waals surface area contributed by atoms with Crippen molar-refractivity contribution in [1.29, 1.82) is 0 Å². The van der Waals surface area contributed by atoms with E-state index in [-0.39, 0.29) is 47.0 Å². The number of nitrogens with zero attached hydrogens (tertiary/aromatic N) is 4. The van der Waals surface area contributed by atoms with Gasteiger partial charge in [0, 0.05) is 24.1 Å². The normalized spacial score (nSPS) is 22.1. The summed E-state index contributed by atoms with van der Waals surface area (Å²) >= 11 is 3.28. The highest BCUT2D eigenvalue weighted by molar-refractivity contribution is 8.00. The average molecular weight is 567 g/mol. The molecule has 2 amide bonds. The van der Waals surface area contributed by atoms with Crippen LogP contribution in [0.5, 0.6) is 0 Å². The van der Waals surface area contributed by atoms with E-state index >= 15 is 0 Å². The van der Waals surface area contributed by atoms with Crippen LogP contribution in [0.4, 0.5) is 5.82 Å². The van der Waals surface area contributed by atoms with Crippen molar-refractivity contribution in [1.82, 2.24) is 14.7 Å². The largest absolute Gasteiger partial charge is 0.372 e. The molecule has 1 aromatic carbocycles. The molecule has 0 saturated carbocycles. The fourth-order valence-electron chi connectivity index (χ4n) is 5.59. The third-order valence-corrected chi connectivity index (χ3v) is 9.25. The number of hydrogen-bond acceptors (Lipinski definition) is 6. The molecule has 0 aliphatic carbocycles. The molecule has 2 aromatic heterocycles. The monoisotopic (exact) mass is 566 g/mol. The number of hydrogen-bond donors (Lipinski definition) is 0. The molecule has 3 unspecified atom stereocenters. The van der Waals surface area contributed by atoms with Crippen molar-refractivity contribution in [3.05, 3.63) is 63.0 Å². The summed E-state index contributed by atoms with van der Waals surface area (Å²) in [7, 11) is 0. The summed E-state index contributed by atoms with van der Waals surface area (Å²) in [6, 6.07) is 8.41. The number of carbonyl (C=O) groups excluding carboxylic acids is 2. The van der Waals surface area contributed by atoms with Gasteiger partial charge in [-0.05, 0) is 61.7 Å². The zero-order valence-electron chi connectivity index (χ0n) is 23.9. The second kappa shape index (κ2) is 10.7. The molecule has 3 aromatic rings.